The van der Waals surface area contributed by atoms with Gasteiger partial charge in [0.25, 0.3) is 0 Å². The summed E-state index contributed by atoms with van der Waals surface area (Å²) in [6.45, 7) is 0.0949. The molecule has 6 nitrogen and oxygen atoms in total. The van der Waals surface area contributed by atoms with Crippen LogP contribution in [0.5, 0.6) is 0 Å². The highest BCUT2D eigenvalue weighted by Crippen LogP contribution is 2.17. The second kappa shape index (κ2) is 5.45. The number of halogens is 4. The minimum Gasteiger partial charge on any atom is -0.287 e. The van der Waals surface area contributed by atoms with Gasteiger partial charge in [-0.2, -0.15) is 23.3 Å². The lowest BCUT2D eigenvalue weighted by Gasteiger charge is -2.09. The lowest BCUT2D eigenvalue weighted by Crippen LogP contribution is -2.31. The lowest BCUT2D eigenvalue weighted by atomic mass is 10.3. The zero-order valence-corrected chi connectivity index (χ0v) is 10.5. The number of aromatic nitrogens is 4. The van der Waals surface area contributed by atoms with Gasteiger partial charge >= 0.3 is 12.1 Å². The van der Waals surface area contributed by atoms with Crippen molar-refractivity contribution in [2.75, 3.05) is 5.32 Å². The minimum atomic E-state index is -4.99. The summed E-state index contributed by atoms with van der Waals surface area (Å²) in [5.74, 6) is -2.41. The van der Waals surface area contributed by atoms with Gasteiger partial charge in [0, 0.05) is 6.20 Å². The highest BCUT2D eigenvalue weighted by atomic mass is 35.5. The van der Waals surface area contributed by atoms with E-state index < -0.39 is 12.1 Å². The van der Waals surface area contributed by atoms with Crippen molar-refractivity contribution in [1.29, 1.82) is 0 Å². The Morgan fingerprint density at radius 1 is 1.35 bits per heavy atom. The van der Waals surface area contributed by atoms with E-state index in [1.54, 1.807) is 11.4 Å². The highest BCUT2D eigenvalue weighted by molar-refractivity contribution is 6.29. The quantitative estimate of drug-likeness (QED) is 0.879. The van der Waals surface area contributed by atoms with Crippen LogP contribution in [0.15, 0.2) is 24.7 Å². The van der Waals surface area contributed by atoms with Gasteiger partial charge in [0.1, 0.15) is 11.5 Å². The van der Waals surface area contributed by atoms with Gasteiger partial charge in [-0.25, -0.2) is 9.67 Å². The topological polar surface area (TPSA) is 72.7 Å². The first-order chi connectivity index (χ1) is 9.36. The molecule has 2 aromatic heterocycles. The van der Waals surface area contributed by atoms with E-state index in [4.69, 9.17) is 11.6 Å². The molecule has 0 saturated carbocycles. The number of nitrogens with one attached hydrogen (secondary N) is 1. The maximum Gasteiger partial charge on any atom is 0.471 e. The van der Waals surface area contributed by atoms with E-state index in [0.29, 0.717) is 5.56 Å². The second-order valence-corrected chi connectivity index (χ2v) is 4.07. The molecule has 0 unspecified atom stereocenters. The summed E-state index contributed by atoms with van der Waals surface area (Å²) in [4.78, 5) is 18.2. The average molecular weight is 306 g/mol. The summed E-state index contributed by atoms with van der Waals surface area (Å²) in [6.07, 6.45) is -2.51. The Labute approximate surface area is 115 Å². The Balaban J connectivity index is 2.13. The number of rotatable bonds is 3. The van der Waals surface area contributed by atoms with Crippen LogP contribution in [0.25, 0.3) is 0 Å². The molecule has 106 valence electrons. The van der Waals surface area contributed by atoms with Crippen molar-refractivity contribution in [2.45, 2.75) is 12.7 Å². The molecule has 0 fully saturated rings. The molecule has 0 aliphatic rings. The number of anilines is 1. The number of amides is 1. The maximum atomic E-state index is 12.1. The van der Waals surface area contributed by atoms with Crippen molar-refractivity contribution in [2.24, 2.45) is 0 Å². The van der Waals surface area contributed by atoms with Gasteiger partial charge in [0.2, 0.25) is 5.95 Å². The van der Waals surface area contributed by atoms with Gasteiger partial charge in [-0.15, -0.1) is 0 Å². The average Bonchev–Trinajstić information content (AvgIpc) is 2.78. The molecule has 0 aliphatic carbocycles. The summed E-state index contributed by atoms with van der Waals surface area (Å²) in [6, 6.07) is 3.16. The summed E-state index contributed by atoms with van der Waals surface area (Å²) in [5, 5.41) is 5.66. The first-order valence-corrected chi connectivity index (χ1v) is 5.60. The molecule has 0 aromatic carbocycles. The lowest BCUT2D eigenvalue weighted by molar-refractivity contribution is -0.167. The Morgan fingerprint density at radius 3 is 2.70 bits per heavy atom. The van der Waals surface area contributed by atoms with Crippen LogP contribution in [-0.4, -0.2) is 31.8 Å². The second-order valence-electron chi connectivity index (χ2n) is 3.68. The summed E-state index contributed by atoms with van der Waals surface area (Å²) in [7, 11) is 0. The molecule has 1 N–H and O–H groups in total. The Kier molecular flexibility index (Phi) is 3.89. The molecule has 0 saturated heterocycles. The van der Waals surface area contributed by atoms with E-state index in [0.717, 1.165) is 11.0 Å². The number of carbonyl (C=O) groups excluding carboxylic acids is 1. The van der Waals surface area contributed by atoms with Gasteiger partial charge in [-0.1, -0.05) is 17.7 Å². The normalized spacial score (nSPS) is 11.4. The SMILES string of the molecule is O=C(Nc1ncnn1Cc1ccc(Cl)nc1)C(F)(F)F. The van der Waals surface area contributed by atoms with Crippen molar-refractivity contribution in [3.8, 4) is 0 Å². The largest absolute Gasteiger partial charge is 0.471 e. The van der Waals surface area contributed by atoms with Crippen LogP contribution < -0.4 is 5.32 Å². The molecule has 0 spiro atoms. The van der Waals surface area contributed by atoms with Crippen LogP contribution in [-0.2, 0) is 11.3 Å². The van der Waals surface area contributed by atoms with Crippen molar-refractivity contribution < 1.29 is 18.0 Å². The van der Waals surface area contributed by atoms with Crippen LogP contribution in [0.2, 0.25) is 5.15 Å². The molecule has 10 heteroatoms. The Morgan fingerprint density at radius 2 is 2.10 bits per heavy atom. The Bertz CT molecular complexity index is 610. The molecule has 0 atom stereocenters. The zero-order chi connectivity index (χ0) is 14.8. The number of alkyl halides is 3. The smallest absolute Gasteiger partial charge is 0.287 e. The van der Waals surface area contributed by atoms with Gasteiger partial charge < -0.3 is 0 Å². The van der Waals surface area contributed by atoms with Gasteiger partial charge in [-0.05, 0) is 11.6 Å². The van der Waals surface area contributed by atoms with Crippen LogP contribution in [0.1, 0.15) is 5.56 Å². The third kappa shape index (κ3) is 3.44. The number of nitrogens with zero attached hydrogens (tertiary/aromatic N) is 4. The monoisotopic (exact) mass is 305 g/mol. The highest BCUT2D eigenvalue weighted by Gasteiger charge is 2.39. The van der Waals surface area contributed by atoms with Crippen LogP contribution in [0, 0.1) is 0 Å². The first-order valence-electron chi connectivity index (χ1n) is 5.22. The maximum absolute atomic E-state index is 12.1. The molecule has 2 heterocycles. The third-order valence-corrected chi connectivity index (χ3v) is 2.44. The standard InChI is InChI=1S/C10H7ClF3N5O/c11-7-2-1-6(3-15-7)4-19-9(16-5-17-19)18-8(20)10(12,13)14/h1-3,5H,4H2,(H,16,17,18,20). The number of hydrogen-bond donors (Lipinski definition) is 1. The molecule has 0 radical (unpaired) electrons. The summed E-state index contributed by atoms with van der Waals surface area (Å²) < 4.78 is 37.6. The first kappa shape index (κ1) is 14.3. The van der Waals surface area contributed by atoms with Crippen LogP contribution >= 0.6 is 11.6 Å². The van der Waals surface area contributed by atoms with Crippen LogP contribution in [0.4, 0.5) is 19.1 Å². The number of hydrogen-bond acceptors (Lipinski definition) is 4. The number of pyridine rings is 1. The van der Waals surface area contributed by atoms with E-state index in [1.807, 2.05) is 0 Å². The number of carbonyl (C=O) groups is 1. The van der Waals surface area contributed by atoms with Crippen molar-refractivity contribution in [3.05, 3.63) is 35.4 Å². The molecule has 1 amide bonds. The van der Waals surface area contributed by atoms with E-state index in [9.17, 15) is 18.0 Å². The van der Waals surface area contributed by atoms with Gasteiger partial charge in [0.15, 0.2) is 0 Å². The predicted molar refractivity (Wildman–Crippen MR) is 63.1 cm³/mol. The fourth-order valence-electron chi connectivity index (χ4n) is 1.32. The van der Waals surface area contributed by atoms with Crippen molar-refractivity contribution in [3.63, 3.8) is 0 Å². The fraction of sp³-hybridized carbons (Fsp3) is 0.200. The van der Waals surface area contributed by atoms with E-state index in [-0.39, 0.29) is 17.6 Å². The molecule has 2 aromatic rings. The molecule has 0 aliphatic heterocycles. The zero-order valence-electron chi connectivity index (χ0n) is 9.73. The van der Waals surface area contributed by atoms with Gasteiger partial charge in [0.05, 0.1) is 6.54 Å². The fourth-order valence-corrected chi connectivity index (χ4v) is 1.43. The van der Waals surface area contributed by atoms with E-state index in [1.165, 1.54) is 12.3 Å². The third-order valence-electron chi connectivity index (χ3n) is 2.22. The molecule has 0 bridgehead atoms. The van der Waals surface area contributed by atoms with Crippen molar-refractivity contribution in [1.82, 2.24) is 19.7 Å². The van der Waals surface area contributed by atoms with Gasteiger partial charge in [-0.3, -0.25) is 10.1 Å². The van der Waals surface area contributed by atoms with E-state index >= 15 is 0 Å². The minimum absolute atomic E-state index is 0.0949. The van der Waals surface area contributed by atoms with Crippen LogP contribution in [0.3, 0.4) is 0 Å². The molecule has 2 rings (SSSR count). The molecular formula is C10H7ClF3N5O. The Hall–Kier alpha value is -2.16. The predicted octanol–water partition coefficient (Wildman–Crippen LogP) is 1.88. The summed E-state index contributed by atoms with van der Waals surface area (Å²) >= 11 is 5.62. The van der Waals surface area contributed by atoms with Crippen molar-refractivity contribution >= 4 is 23.5 Å². The molecule has 20 heavy (non-hydrogen) atoms. The van der Waals surface area contributed by atoms with E-state index in [2.05, 4.69) is 15.1 Å². The summed E-state index contributed by atoms with van der Waals surface area (Å²) in [5.41, 5.74) is 0.641. The molecular weight excluding hydrogens is 299 g/mol.